The highest BCUT2D eigenvalue weighted by molar-refractivity contribution is 5.79. The summed E-state index contributed by atoms with van der Waals surface area (Å²) in [6, 6.07) is 11.0. The van der Waals surface area contributed by atoms with E-state index in [1.54, 1.807) is 0 Å². The molecule has 0 amide bonds. The molecule has 1 saturated heterocycles. The van der Waals surface area contributed by atoms with Crippen molar-refractivity contribution in [3.05, 3.63) is 30.3 Å². The predicted molar refractivity (Wildman–Crippen MR) is 99.2 cm³/mol. The molecule has 1 heterocycles. The van der Waals surface area contributed by atoms with Crippen LogP contribution in [0.4, 0.5) is 5.69 Å². The third-order valence-corrected chi connectivity index (χ3v) is 4.38. The molecule has 1 aliphatic heterocycles. The molecule has 1 aliphatic rings. The van der Waals surface area contributed by atoms with Gasteiger partial charge in [0.2, 0.25) is 0 Å². The molecule has 128 valence electrons. The van der Waals surface area contributed by atoms with Crippen molar-refractivity contribution in [2.24, 2.45) is 4.99 Å². The van der Waals surface area contributed by atoms with E-state index in [2.05, 4.69) is 57.0 Å². The zero-order valence-corrected chi connectivity index (χ0v) is 14.5. The van der Waals surface area contributed by atoms with Crippen LogP contribution in [0.25, 0.3) is 0 Å². The van der Waals surface area contributed by atoms with Crippen LogP contribution in [-0.4, -0.2) is 56.7 Å². The second kappa shape index (κ2) is 10.1. The second-order valence-electron chi connectivity index (χ2n) is 5.95. The standard InChI is InChI=1S/C18H31N5/c1-3-23-14-7-11-17(23)15-22-18(19-2)21-13-8-12-20-16-9-5-4-6-10-16/h4-6,9-10,17,20H,3,7-8,11-15H2,1-2H3,(H2,19,21,22). The molecule has 23 heavy (non-hydrogen) atoms. The summed E-state index contributed by atoms with van der Waals surface area (Å²) in [6.07, 6.45) is 3.66. The third kappa shape index (κ3) is 6.10. The lowest BCUT2D eigenvalue weighted by atomic mass is 10.2. The topological polar surface area (TPSA) is 51.7 Å². The van der Waals surface area contributed by atoms with Gasteiger partial charge in [-0.2, -0.15) is 0 Å². The van der Waals surface area contributed by atoms with Gasteiger partial charge in [0.1, 0.15) is 0 Å². The Hall–Kier alpha value is -1.75. The summed E-state index contributed by atoms with van der Waals surface area (Å²) in [5, 5.41) is 10.3. The van der Waals surface area contributed by atoms with Crippen molar-refractivity contribution in [2.45, 2.75) is 32.2 Å². The van der Waals surface area contributed by atoms with E-state index in [0.717, 1.165) is 38.6 Å². The molecule has 1 aromatic carbocycles. The van der Waals surface area contributed by atoms with Crippen LogP contribution in [0.3, 0.4) is 0 Å². The average molecular weight is 317 g/mol. The van der Waals surface area contributed by atoms with Gasteiger partial charge in [-0.15, -0.1) is 0 Å². The molecule has 0 aliphatic carbocycles. The molecule has 1 aromatic rings. The normalized spacial score (nSPS) is 18.9. The smallest absolute Gasteiger partial charge is 0.191 e. The molecule has 1 fully saturated rings. The Bertz CT molecular complexity index is 460. The average Bonchev–Trinajstić information content (AvgIpc) is 3.06. The molecule has 2 rings (SSSR count). The van der Waals surface area contributed by atoms with Crippen LogP contribution >= 0.6 is 0 Å². The molecule has 0 radical (unpaired) electrons. The molecule has 0 aromatic heterocycles. The van der Waals surface area contributed by atoms with Gasteiger partial charge in [0.05, 0.1) is 0 Å². The van der Waals surface area contributed by atoms with E-state index in [1.165, 1.54) is 25.1 Å². The van der Waals surface area contributed by atoms with Gasteiger partial charge in [-0.05, 0) is 44.5 Å². The summed E-state index contributed by atoms with van der Waals surface area (Å²) in [7, 11) is 1.84. The molecule has 0 spiro atoms. The Balaban J connectivity index is 1.58. The molecular weight excluding hydrogens is 286 g/mol. The van der Waals surface area contributed by atoms with Crippen molar-refractivity contribution in [2.75, 3.05) is 45.1 Å². The fourth-order valence-electron chi connectivity index (χ4n) is 3.06. The van der Waals surface area contributed by atoms with Crippen molar-refractivity contribution in [1.82, 2.24) is 15.5 Å². The lowest BCUT2D eigenvalue weighted by molar-refractivity contribution is 0.267. The minimum absolute atomic E-state index is 0.651. The van der Waals surface area contributed by atoms with Crippen molar-refractivity contribution >= 4 is 11.6 Å². The lowest BCUT2D eigenvalue weighted by Gasteiger charge is -2.24. The minimum Gasteiger partial charge on any atom is -0.385 e. The van der Waals surface area contributed by atoms with E-state index < -0.39 is 0 Å². The second-order valence-corrected chi connectivity index (χ2v) is 5.95. The monoisotopic (exact) mass is 317 g/mol. The van der Waals surface area contributed by atoms with E-state index in [9.17, 15) is 0 Å². The van der Waals surface area contributed by atoms with Crippen molar-refractivity contribution < 1.29 is 0 Å². The SMILES string of the molecule is CCN1CCCC1CNC(=NC)NCCCNc1ccccc1. The van der Waals surface area contributed by atoms with Crippen LogP contribution in [0.15, 0.2) is 35.3 Å². The summed E-state index contributed by atoms with van der Waals surface area (Å²) in [6.45, 7) is 7.48. The molecule has 3 N–H and O–H groups in total. The Morgan fingerprint density at radius 3 is 2.78 bits per heavy atom. The predicted octanol–water partition coefficient (Wildman–Crippen LogP) is 2.14. The zero-order valence-electron chi connectivity index (χ0n) is 14.5. The van der Waals surface area contributed by atoms with E-state index in [0.29, 0.717) is 6.04 Å². The Kier molecular flexibility index (Phi) is 7.73. The summed E-state index contributed by atoms with van der Waals surface area (Å²) >= 11 is 0. The van der Waals surface area contributed by atoms with E-state index in [1.807, 2.05) is 13.1 Å². The number of likely N-dealkylation sites (N-methyl/N-ethyl adjacent to an activating group) is 1. The summed E-state index contributed by atoms with van der Waals surface area (Å²) in [5.41, 5.74) is 1.18. The first-order valence-electron chi connectivity index (χ1n) is 8.81. The maximum Gasteiger partial charge on any atom is 0.191 e. The molecule has 0 bridgehead atoms. The van der Waals surface area contributed by atoms with Gasteiger partial charge < -0.3 is 16.0 Å². The van der Waals surface area contributed by atoms with Crippen LogP contribution in [0.2, 0.25) is 0 Å². The molecule has 1 unspecified atom stereocenters. The third-order valence-electron chi connectivity index (χ3n) is 4.38. The molecule has 1 atom stereocenters. The first-order valence-corrected chi connectivity index (χ1v) is 8.81. The quantitative estimate of drug-likeness (QED) is 0.391. The van der Waals surface area contributed by atoms with Gasteiger partial charge in [0, 0.05) is 38.4 Å². The number of hydrogen-bond donors (Lipinski definition) is 3. The van der Waals surface area contributed by atoms with Gasteiger partial charge in [0.15, 0.2) is 5.96 Å². The maximum atomic E-state index is 4.31. The first kappa shape index (κ1) is 17.6. The van der Waals surface area contributed by atoms with Crippen molar-refractivity contribution in [3.8, 4) is 0 Å². The van der Waals surface area contributed by atoms with E-state index >= 15 is 0 Å². The number of nitrogens with one attached hydrogen (secondary N) is 3. The molecule has 5 heteroatoms. The largest absolute Gasteiger partial charge is 0.385 e. The summed E-state index contributed by atoms with van der Waals surface area (Å²) < 4.78 is 0. The fourth-order valence-corrected chi connectivity index (χ4v) is 3.06. The van der Waals surface area contributed by atoms with Crippen LogP contribution in [-0.2, 0) is 0 Å². The number of likely N-dealkylation sites (tertiary alicyclic amines) is 1. The number of benzene rings is 1. The number of nitrogens with zero attached hydrogens (tertiary/aromatic N) is 2. The number of rotatable bonds is 8. The van der Waals surface area contributed by atoms with E-state index in [-0.39, 0.29) is 0 Å². The molecule has 5 nitrogen and oxygen atoms in total. The van der Waals surface area contributed by atoms with E-state index in [4.69, 9.17) is 0 Å². The highest BCUT2D eigenvalue weighted by Crippen LogP contribution is 2.15. The minimum atomic E-state index is 0.651. The van der Waals surface area contributed by atoms with Crippen LogP contribution in [0, 0.1) is 0 Å². The first-order chi connectivity index (χ1) is 11.3. The summed E-state index contributed by atoms with van der Waals surface area (Å²) in [4.78, 5) is 6.86. The number of aliphatic imine (C=N–C) groups is 1. The van der Waals surface area contributed by atoms with Crippen molar-refractivity contribution in [1.29, 1.82) is 0 Å². The fraction of sp³-hybridized carbons (Fsp3) is 0.611. The van der Waals surface area contributed by atoms with Gasteiger partial charge in [-0.1, -0.05) is 25.1 Å². The van der Waals surface area contributed by atoms with Crippen molar-refractivity contribution in [3.63, 3.8) is 0 Å². The Morgan fingerprint density at radius 1 is 1.22 bits per heavy atom. The maximum absolute atomic E-state index is 4.31. The molecular formula is C18H31N5. The Labute approximate surface area is 140 Å². The lowest BCUT2D eigenvalue weighted by Crippen LogP contribution is -2.45. The van der Waals surface area contributed by atoms with Crippen LogP contribution in [0.5, 0.6) is 0 Å². The number of guanidine groups is 1. The van der Waals surface area contributed by atoms with Gasteiger partial charge in [-0.3, -0.25) is 9.89 Å². The van der Waals surface area contributed by atoms with Crippen LogP contribution in [0.1, 0.15) is 26.2 Å². The zero-order chi connectivity index (χ0) is 16.3. The van der Waals surface area contributed by atoms with Gasteiger partial charge in [0.25, 0.3) is 0 Å². The van der Waals surface area contributed by atoms with Gasteiger partial charge in [-0.25, -0.2) is 0 Å². The van der Waals surface area contributed by atoms with Gasteiger partial charge >= 0.3 is 0 Å². The Morgan fingerprint density at radius 2 is 2.04 bits per heavy atom. The van der Waals surface area contributed by atoms with Crippen LogP contribution < -0.4 is 16.0 Å². The molecule has 0 saturated carbocycles. The highest BCUT2D eigenvalue weighted by atomic mass is 15.2. The number of hydrogen-bond acceptors (Lipinski definition) is 3. The summed E-state index contributed by atoms with van der Waals surface area (Å²) in [5.74, 6) is 0.910. The highest BCUT2D eigenvalue weighted by Gasteiger charge is 2.22. The number of anilines is 1. The number of para-hydroxylation sites is 1.